The van der Waals surface area contributed by atoms with Crippen molar-refractivity contribution in [3.63, 3.8) is 0 Å². The van der Waals surface area contributed by atoms with Gasteiger partial charge in [-0.15, -0.1) is 0 Å². The van der Waals surface area contributed by atoms with Crippen LogP contribution < -0.4 is 5.76 Å². The molecule has 0 aliphatic heterocycles. The highest BCUT2D eigenvalue weighted by Crippen LogP contribution is 2.28. The summed E-state index contributed by atoms with van der Waals surface area (Å²) in [6.07, 6.45) is 0. The molecule has 16 heavy (non-hydrogen) atoms. The van der Waals surface area contributed by atoms with Gasteiger partial charge in [0.2, 0.25) is 0 Å². The topological polar surface area (TPSA) is 102 Å². The fourth-order valence-electron chi connectivity index (χ4n) is 1.16. The first-order valence-corrected chi connectivity index (χ1v) is 4.46. The lowest BCUT2D eigenvalue weighted by Crippen LogP contribution is -1.95. The van der Waals surface area contributed by atoms with E-state index in [1.54, 1.807) is 0 Å². The molecule has 0 fully saturated rings. The lowest BCUT2D eigenvalue weighted by atomic mass is 10.2. The zero-order valence-corrected chi connectivity index (χ0v) is 8.39. The van der Waals surface area contributed by atoms with Crippen LogP contribution >= 0.6 is 11.6 Å². The minimum atomic E-state index is -0.718. The average molecular weight is 242 g/mol. The number of benzene rings is 1. The van der Waals surface area contributed by atoms with Crippen molar-refractivity contribution in [1.29, 1.82) is 0 Å². The van der Waals surface area contributed by atoms with Crippen LogP contribution in [0.4, 0.5) is 5.69 Å². The van der Waals surface area contributed by atoms with Gasteiger partial charge in [-0.3, -0.25) is 19.6 Å². The Kier molecular flexibility index (Phi) is 2.45. The highest BCUT2D eigenvalue weighted by Gasteiger charge is 2.13. The van der Waals surface area contributed by atoms with E-state index in [0.29, 0.717) is 5.56 Å². The summed E-state index contributed by atoms with van der Waals surface area (Å²) in [5.74, 6) is -0.589. The van der Waals surface area contributed by atoms with Crippen molar-refractivity contribution in [2.45, 2.75) is 0 Å². The molecule has 8 heteroatoms. The Morgan fingerprint density at radius 3 is 2.75 bits per heavy atom. The Hall–Kier alpha value is -2.15. The first-order chi connectivity index (χ1) is 7.58. The van der Waals surface area contributed by atoms with E-state index >= 15 is 0 Å². The van der Waals surface area contributed by atoms with Crippen LogP contribution in [0.1, 0.15) is 0 Å². The Labute approximate surface area is 92.8 Å². The highest BCUT2D eigenvalue weighted by atomic mass is 35.5. The van der Waals surface area contributed by atoms with E-state index in [-0.39, 0.29) is 16.5 Å². The minimum Gasteiger partial charge on any atom is -0.296 e. The van der Waals surface area contributed by atoms with E-state index in [2.05, 4.69) is 14.7 Å². The molecule has 0 saturated heterocycles. The number of hydrogen-bond acceptors (Lipinski definition) is 5. The molecular weight excluding hydrogens is 238 g/mol. The Morgan fingerprint density at radius 1 is 1.50 bits per heavy atom. The van der Waals surface area contributed by atoms with Gasteiger partial charge in [-0.05, 0) is 6.07 Å². The maximum absolute atomic E-state index is 10.7. The fourth-order valence-corrected chi connectivity index (χ4v) is 1.42. The van der Waals surface area contributed by atoms with Gasteiger partial charge in [0.1, 0.15) is 0 Å². The second-order valence-corrected chi connectivity index (χ2v) is 3.27. The summed E-state index contributed by atoms with van der Waals surface area (Å²) < 4.78 is 4.30. The molecule has 0 bridgehead atoms. The number of halogens is 1. The van der Waals surface area contributed by atoms with Gasteiger partial charge < -0.3 is 0 Å². The molecule has 0 atom stereocenters. The standard InChI is InChI=1S/C8H4ClN3O4/c9-6-3-4(12(14)15)1-2-5(6)7-10-8(13)16-11-7/h1-3H,(H,10,11,13). The molecule has 1 heterocycles. The van der Waals surface area contributed by atoms with Crippen molar-refractivity contribution in [2.75, 3.05) is 0 Å². The van der Waals surface area contributed by atoms with E-state index in [1.807, 2.05) is 0 Å². The fraction of sp³-hybridized carbons (Fsp3) is 0. The number of nitrogens with zero attached hydrogens (tertiary/aromatic N) is 2. The first kappa shape index (κ1) is 10.4. The largest absolute Gasteiger partial charge is 0.439 e. The van der Waals surface area contributed by atoms with Gasteiger partial charge in [-0.1, -0.05) is 16.8 Å². The molecule has 0 radical (unpaired) electrons. The molecular formula is C8H4ClN3O4. The summed E-state index contributed by atoms with van der Waals surface area (Å²) >= 11 is 5.81. The van der Waals surface area contributed by atoms with Crippen LogP contribution in [-0.2, 0) is 0 Å². The molecule has 0 aliphatic carbocycles. The number of aromatic amines is 1. The number of nitro groups is 1. The van der Waals surface area contributed by atoms with Crippen molar-refractivity contribution in [2.24, 2.45) is 0 Å². The summed E-state index contributed by atoms with van der Waals surface area (Å²) in [6, 6.07) is 3.81. The molecule has 0 aliphatic rings. The Bertz CT molecular complexity index is 603. The van der Waals surface area contributed by atoms with Crippen LogP contribution in [0.5, 0.6) is 0 Å². The molecule has 0 amide bonds. The second kappa shape index (κ2) is 3.78. The summed E-state index contributed by atoms with van der Waals surface area (Å²) in [4.78, 5) is 22.9. The highest BCUT2D eigenvalue weighted by molar-refractivity contribution is 6.33. The van der Waals surface area contributed by atoms with Crippen molar-refractivity contribution in [3.8, 4) is 11.4 Å². The van der Waals surface area contributed by atoms with E-state index in [1.165, 1.54) is 18.2 Å². The molecule has 0 saturated carbocycles. The number of nitrogens with one attached hydrogen (secondary N) is 1. The van der Waals surface area contributed by atoms with Gasteiger partial charge in [0.05, 0.1) is 9.95 Å². The molecule has 1 aromatic carbocycles. The van der Waals surface area contributed by atoms with Gasteiger partial charge in [0.15, 0.2) is 5.82 Å². The molecule has 7 nitrogen and oxygen atoms in total. The maximum atomic E-state index is 10.7. The third-order valence-corrected chi connectivity index (χ3v) is 2.17. The van der Waals surface area contributed by atoms with Gasteiger partial charge in [-0.25, -0.2) is 4.79 Å². The zero-order valence-electron chi connectivity index (χ0n) is 7.64. The van der Waals surface area contributed by atoms with E-state index in [4.69, 9.17) is 11.6 Å². The molecule has 82 valence electrons. The van der Waals surface area contributed by atoms with Crippen LogP contribution in [-0.4, -0.2) is 15.1 Å². The predicted molar refractivity (Wildman–Crippen MR) is 54.2 cm³/mol. The molecule has 0 spiro atoms. The van der Waals surface area contributed by atoms with Crippen LogP contribution in [0.3, 0.4) is 0 Å². The predicted octanol–water partition coefficient (Wildman–Crippen LogP) is 1.59. The van der Waals surface area contributed by atoms with E-state index < -0.39 is 10.7 Å². The van der Waals surface area contributed by atoms with Gasteiger partial charge >= 0.3 is 5.76 Å². The van der Waals surface area contributed by atoms with Crippen molar-refractivity contribution in [3.05, 3.63) is 43.9 Å². The molecule has 2 rings (SSSR count). The van der Waals surface area contributed by atoms with E-state index in [9.17, 15) is 14.9 Å². The Balaban J connectivity index is 2.51. The summed E-state index contributed by atoms with van der Waals surface area (Å²) in [7, 11) is 0. The number of H-pyrrole nitrogens is 1. The third kappa shape index (κ3) is 1.80. The van der Waals surface area contributed by atoms with Crippen molar-refractivity contribution >= 4 is 17.3 Å². The molecule has 1 N–H and O–H groups in total. The van der Waals surface area contributed by atoms with Crippen LogP contribution in [0.25, 0.3) is 11.4 Å². The van der Waals surface area contributed by atoms with Crippen LogP contribution in [0.15, 0.2) is 27.5 Å². The van der Waals surface area contributed by atoms with Crippen LogP contribution in [0, 0.1) is 10.1 Å². The lowest BCUT2D eigenvalue weighted by Gasteiger charge is -1.98. The normalized spacial score (nSPS) is 10.3. The first-order valence-electron chi connectivity index (χ1n) is 4.08. The average Bonchev–Trinajstić information content (AvgIpc) is 2.64. The van der Waals surface area contributed by atoms with E-state index in [0.717, 1.165) is 0 Å². The smallest absolute Gasteiger partial charge is 0.296 e. The quantitative estimate of drug-likeness (QED) is 0.635. The Morgan fingerprint density at radius 2 is 2.25 bits per heavy atom. The van der Waals surface area contributed by atoms with Crippen LogP contribution in [0.2, 0.25) is 5.02 Å². The third-order valence-electron chi connectivity index (χ3n) is 1.86. The number of non-ortho nitro benzene ring substituents is 1. The van der Waals surface area contributed by atoms with Gasteiger partial charge in [-0.2, -0.15) is 0 Å². The van der Waals surface area contributed by atoms with Crippen molar-refractivity contribution in [1.82, 2.24) is 10.1 Å². The minimum absolute atomic E-state index is 0.110. The number of rotatable bonds is 2. The monoisotopic (exact) mass is 241 g/mol. The SMILES string of the molecule is O=c1[nH]c(-c2ccc([N+](=O)[O-])cc2Cl)no1. The molecule has 0 unspecified atom stereocenters. The van der Waals surface area contributed by atoms with Crippen molar-refractivity contribution < 1.29 is 9.45 Å². The van der Waals surface area contributed by atoms with Gasteiger partial charge in [0.25, 0.3) is 5.69 Å². The maximum Gasteiger partial charge on any atom is 0.439 e. The number of aromatic nitrogens is 2. The number of hydrogen-bond donors (Lipinski definition) is 1. The molecule has 2 aromatic rings. The summed E-state index contributed by atoms with van der Waals surface area (Å²) in [5.41, 5.74) is 0.220. The zero-order chi connectivity index (χ0) is 11.7. The summed E-state index contributed by atoms with van der Waals surface area (Å²) in [5, 5.41) is 14.0. The molecule has 1 aromatic heterocycles. The summed E-state index contributed by atoms with van der Waals surface area (Å²) in [6.45, 7) is 0. The van der Waals surface area contributed by atoms with Gasteiger partial charge in [0, 0.05) is 17.7 Å². The second-order valence-electron chi connectivity index (χ2n) is 2.86. The number of nitro benzene ring substituents is 1. The lowest BCUT2D eigenvalue weighted by molar-refractivity contribution is -0.384.